The number of rotatable bonds is 3. The van der Waals surface area contributed by atoms with Crippen LogP contribution in [0, 0.1) is 5.92 Å². The molecule has 0 aromatic heterocycles. The van der Waals surface area contributed by atoms with Gasteiger partial charge in [-0.2, -0.15) is 0 Å². The molecule has 2 rings (SSSR count). The quantitative estimate of drug-likeness (QED) is 0.838. The lowest BCUT2D eigenvalue weighted by Crippen LogP contribution is -2.39. The molecule has 4 nitrogen and oxygen atoms in total. The van der Waals surface area contributed by atoms with Crippen LogP contribution in [0.3, 0.4) is 0 Å². The van der Waals surface area contributed by atoms with Crippen molar-refractivity contribution >= 4 is 18.3 Å². The zero-order valence-corrected chi connectivity index (χ0v) is 10.3. The maximum atomic E-state index is 11.7. The summed E-state index contributed by atoms with van der Waals surface area (Å²) in [7, 11) is 0. The minimum Gasteiger partial charge on any atom is -0.492 e. The zero-order valence-electron chi connectivity index (χ0n) is 9.52. The van der Waals surface area contributed by atoms with E-state index in [4.69, 9.17) is 10.5 Å². The fraction of sp³-hybridized carbons (Fsp3) is 0.417. The van der Waals surface area contributed by atoms with E-state index in [0.29, 0.717) is 19.7 Å². The highest BCUT2D eigenvalue weighted by molar-refractivity contribution is 5.85. The monoisotopic (exact) mass is 256 g/mol. The molecule has 5 heteroatoms. The van der Waals surface area contributed by atoms with Crippen LogP contribution in [0.4, 0.5) is 0 Å². The van der Waals surface area contributed by atoms with Crippen molar-refractivity contribution in [2.24, 2.45) is 11.7 Å². The van der Waals surface area contributed by atoms with E-state index < -0.39 is 0 Å². The fourth-order valence-electron chi connectivity index (χ4n) is 1.84. The second-order valence-corrected chi connectivity index (χ2v) is 3.90. The van der Waals surface area contributed by atoms with Gasteiger partial charge in [0.15, 0.2) is 0 Å². The van der Waals surface area contributed by atoms with Crippen molar-refractivity contribution in [2.75, 3.05) is 19.7 Å². The number of fused-ring (bicyclic) bond motifs is 1. The number of hydrogen-bond donors (Lipinski definition) is 2. The molecule has 0 saturated carbocycles. The number of halogens is 1. The largest absolute Gasteiger partial charge is 0.492 e. The molecular formula is C12H17ClN2O2. The van der Waals surface area contributed by atoms with Crippen LogP contribution in [-0.2, 0) is 11.2 Å². The molecule has 0 fully saturated rings. The lowest BCUT2D eigenvalue weighted by atomic mass is 9.96. The second-order valence-electron chi connectivity index (χ2n) is 3.90. The number of benzene rings is 1. The number of amides is 1. The van der Waals surface area contributed by atoms with Crippen molar-refractivity contribution in [1.82, 2.24) is 5.32 Å². The van der Waals surface area contributed by atoms with Crippen molar-refractivity contribution in [3.8, 4) is 5.75 Å². The molecule has 0 radical (unpaired) electrons. The van der Waals surface area contributed by atoms with Gasteiger partial charge in [-0.3, -0.25) is 4.79 Å². The number of nitrogens with one attached hydrogen (secondary N) is 1. The van der Waals surface area contributed by atoms with Crippen LogP contribution in [0.15, 0.2) is 24.3 Å². The van der Waals surface area contributed by atoms with Crippen LogP contribution >= 0.6 is 12.4 Å². The third-order valence-electron chi connectivity index (χ3n) is 2.69. The minimum absolute atomic E-state index is 0. The molecule has 1 aliphatic rings. The first-order chi connectivity index (χ1) is 7.81. The van der Waals surface area contributed by atoms with Crippen LogP contribution in [0.25, 0.3) is 0 Å². The smallest absolute Gasteiger partial charge is 0.226 e. The summed E-state index contributed by atoms with van der Waals surface area (Å²) in [6.07, 6.45) is 0.743. The Morgan fingerprint density at radius 2 is 2.24 bits per heavy atom. The van der Waals surface area contributed by atoms with Crippen molar-refractivity contribution in [2.45, 2.75) is 6.42 Å². The van der Waals surface area contributed by atoms with Crippen LogP contribution in [-0.4, -0.2) is 25.6 Å². The first-order valence-corrected chi connectivity index (χ1v) is 5.49. The van der Waals surface area contributed by atoms with E-state index in [1.54, 1.807) is 0 Å². The predicted molar refractivity (Wildman–Crippen MR) is 68.4 cm³/mol. The van der Waals surface area contributed by atoms with Gasteiger partial charge in [-0.15, -0.1) is 12.4 Å². The Balaban J connectivity index is 0.00000144. The molecular weight excluding hydrogens is 240 g/mol. The van der Waals surface area contributed by atoms with Gasteiger partial charge < -0.3 is 15.8 Å². The van der Waals surface area contributed by atoms with E-state index in [-0.39, 0.29) is 24.2 Å². The third kappa shape index (κ3) is 3.35. The molecule has 0 spiro atoms. The van der Waals surface area contributed by atoms with Crippen LogP contribution in [0.2, 0.25) is 0 Å². The van der Waals surface area contributed by atoms with Gasteiger partial charge in [0.25, 0.3) is 0 Å². The molecule has 0 bridgehead atoms. The number of para-hydroxylation sites is 1. The summed E-state index contributed by atoms with van der Waals surface area (Å²) in [5.41, 5.74) is 6.44. The maximum Gasteiger partial charge on any atom is 0.226 e. The van der Waals surface area contributed by atoms with E-state index >= 15 is 0 Å². The number of ether oxygens (including phenoxy) is 1. The summed E-state index contributed by atoms with van der Waals surface area (Å²) in [6.45, 7) is 1.44. The lowest BCUT2D eigenvalue weighted by Gasteiger charge is -2.24. The first-order valence-electron chi connectivity index (χ1n) is 5.49. The Morgan fingerprint density at radius 1 is 1.47 bits per heavy atom. The van der Waals surface area contributed by atoms with Crippen molar-refractivity contribution in [3.05, 3.63) is 29.8 Å². The van der Waals surface area contributed by atoms with Gasteiger partial charge >= 0.3 is 0 Å². The predicted octanol–water partition coefficient (Wildman–Crippen LogP) is 0.734. The van der Waals surface area contributed by atoms with Crippen LogP contribution in [0.1, 0.15) is 5.56 Å². The van der Waals surface area contributed by atoms with Crippen molar-refractivity contribution in [1.29, 1.82) is 0 Å². The molecule has 1 amide bonds. The molecule has 17 heavy (non-hydrogen) atoms. The van der Waals surface area contributed by atoms with Gasteiger partial charge in [-0.05, 0) is 18.1 Å². The topological polar surface area (TPSA) is 64.3 Å². The summed E-state index contributed by atoms with van der Waals surface area (Å²) < 4.78 is 5.55. The molecule has 1 heterocycles. The molecule has 1 aromatic rings. The average Bonchev–Trinajstić information content (AvgIpc) is 2.35. The zero-order chi connectivity index (χ0) is 11.4. The Kier molecular flexibility index (Phi) is 5.25. The number of hydrogen-bond acceptors (Lipinski definition) is 3. The van der Waals surface area contributed by atoms with Gasteiger partial charge in [0.05, 0.1) is 5.92 Å². The van der Waals surface area contributed by atoms with Gasteiger partial charge in [0.2, 0.25) is 5.91 Å². The fourth-order valence-corrected chi connectivity index (χ4v) is 1.84. The molecule has 1 aliphatic heterocycles. The van der Waals surface area contributed by atoms with E-state index in [2.05, 4.69) is 5.32 Å². The summed E-state index contributed by atoms with van der Waals surface area (Å²) in [5, 5.41) is 2.79. The average molecular weight is 257 g/mol. The van der Waals surface area contributed by atoms with E-state index in [1.807, 2.05) is 24.3 Å². The highest BCUT2D eigenvalue weighted by Gasteiger charge is 2.25. The standard InChI is InChI=1S/C12H16N2O2.ClH/c13-5-6-14-12(15)10-7-9-3-1-2-4-11(9)16-8-10;/h1-4,10H,5-8,13H2,(H,14,15);1H. The Morgan fingerprint density at radius 3 is 3.00 bits per heavy atom. The second kappa shape index (κ2) is 6.47. The summed E-state index contributed by atoms with van der Waals surface area (Å²) in [6, 6.07) is 7.83. The summed E-state index contributed by atoms with van der Waals surface area (Å²) in [5.74, 6) is 0.826. The minimum atomic E-state index is -0.0959. The lowest BCUT2D eigenvalue weighted by molar-refractivity contribution is -0.126. The molecule has 94 valence electrons. The molecule has 1 atom stereocenters. The van der Waals surface area contributed by atoms with Gasteiger partial charge in [0.1, 0.15) is 12.4 Å². The molecule has 1 unspecified atom stereocenters. The Labute approximate surface area is 107 Å². The van der Waals surface area contributed by atoms with E-state index in [0.717, 1.165) is 17.7 Å². The first kappa shape index (κ1) is 13.8. The number of carbonyl (C=O) groups is 1. The third-order valence-corrected chi connectivity index (χ3v) is 2.69. The van der Waals surface area contributed by atoms with Gasteiger partial charge in [-0.25, -0.2) is 0 Å². The van der Waals surface area contributed by atoms with Crippen LogP contribution < -0.4 is 15.8 Å². The Bertz CT molecular complexity index is 385. The van der Waals surface area contributed by atoms with Gasteiger partial charge in [0, 0.05) is 13.1 Å². The molecule has 0 aliphatic carbocycles. The highest BCUT2D eigenvalue weighted by Crippen LogP contribution is 2.26. The van der Waals surface area contributed by atoms with E-state index in [9.17, 15) is 4.79 Å². The van der Waals surface area contributed by atoms with Gasteiger partial charge in [-0.1, -0.05) is 18.2 Å². The number of carbonyl (C=O) groups excluding carboxylic acids is 1. The SMILES string of the molecule is Cl.NCCNC(=O)C1COc2ccccc2C1. The maximum absolute atomic E-state index is 11.7. The van der Waals surface area contributed by atoms with Crippen molar-refractivity contribution in [3.63, 3.8) is 0 Å². The number of nitrogens with two attached hydrogens (primary N) is 1. The normalized spacial score (nSPS) is 17.4. The van der Waals surface area contributed by atoms with E-state index in [1.165, 1.54) is 0 Å². The highest BCUT2D eigenvalue weighted by atomic mass is 35.5. The molecule has 1 aromatic carbocycles. The molecule has 3 N–H and O–H groups in total. The Hall–Kier alpha value is -1.26. The summed E-state index contributed by atoms with van der Waals surface area (Å²) >= 11 is 0. The molecule has 0 saturated heterocycles. The summed E-state index contributed by atoms with van der Waals surface area (Å²) in [4.78, 5) is 11.7. The van der Waals surface area contributed by atoms with Crippen LogP contribution in [0.5, 0.6) is 5.75 Å². The van der Waals surface area contributed by atoms with Crippen molar-refractivity contribution < 1.29 is 9.53 Å².